The van der Waals surface area contributed by atoms with E-state index in [-0.39, 0.29) is 18.9 Å². The van der Waals surface area contributed by atoms with E-state index in [0.29, 0.717) is 19.4 Å². The molecule has 5 nitrogen and oxygen atoms in total. The van der Waals surface area contributed by atoms with Crippen LogP contribution in [0.25, 0.3) is 0 Å². The molecule has 134 valence electrons. The van der Waals surface area contributed by atoms with Gasteiger partial charge in [0.2, 0.25) is 0 Å². The number of aliphatic carboxylic acids is 1. The van der Waals surface area contributed by atoms with Crippen molar-refractivity contribution in [3.8, 4) is 0 Å². The molecule has 1 aromatic carbocycles. The van der Waals surface area contributed by atoms with Gasteiger partial charge in [0.25, 0.3) is 0 Å². The lowest BCUT2D eigenvalue weighted by Gasteiger charge is -2.30. The van der Waals surface area contributed by atoms with Crippen LogP contribution in [0, 0.1) is 5.41 Å². The summed E-state index contributed by atoms with van der Waals surface area (Å²) >= 11 is 0. The first kappa shape index (κ1) is 20.2. The highest BCUT2D eigenvalue weighted by molar-refractivity contribution is 5.99. The Morgan fingerprint density at radius 3 is 2.33 bits per heavy atom. The number of rotatable bonds is 10. The van der Waals surface area contributed by atoms with E-state index >= 15 is 0 Å². The molecule has 0 saturated carbocycles. The third-order valence-corrected chi connectivity index (χ3v) is 4.35. The van der Waals surface area contributed by atoms with Crippen LogP contribution in [0.1, 0.15) is 38.7 Å². The Balaban J connectivity index is 3.01. The normalized spacial score (nSPS) is 14.9. The van der Waals surface area contributed by atoms with Gasteiger partial charge < -0.3 is 14.7 Å². The van der Waals surface area contributed by atoms with Gasteiger partial charge >= 0.3 is 11.9 Å². The maximum atomic E-state index is 12.7. The Morgan fingerprint density at radius 2 is 1.83 bits per heavy atom. The summed E-state index contributed by atoms with van der Waals surface area (Å²) in [6.45, 7) is 4.20. The van der Waals surface area contributed by atoms with Gasteiger partial charge in [-0.25, -0.2) is 0 Å². The maximum Gasteiger partial charge on any atom is 0.323 e. The molecule has 0 spiro atoms. The van der Waals surface area contributed by atoms with E-state index < -0.39 is 17.4 Å². The molecule has 0 heterocycles. The monoisotopic (exact) mass is 335 g/mol. The largest absolute Gasteiger partial charge is 0.480 e. The summed E-state index contributed by atoms with van der Waals surface area (Å²) in [6.07, 6.45) is 1.36. The van der Waals surface area contributed by atoms with Crippen molar-refractivity contribution in [3.63, 3.8) is 0 Å². The third kappa shape index (κ3) is 5.64. The van der Waals surface area contributed by atoms with Crippen LogP contribution in [-0.4, -0.2) is 48.7 Å². The molecule has 0 fully saturated rings. The molecule has 5 heteroatoms. The first-order valence-electron chi connectivity index (χ1n) is 8.45. The number of hydrogen-bond donors (Lipinski definition) is 1. The van der Waals surface area contributed by atoms with E-state index in [2.05, 4.69) is 0 Å². The van der Waals surface area contributed by atoms with Crippen molar-refractivity contribution in [2.24, 2.45) is 5.41 Å². The molecular formula is C19H29NO4. The number of carbonyl (C=O) groups is 2. The molecule has 2 atom stereocenters. The number of carboxylic acids is 1. The van der Waals surface area contributed by atoms with Crippen molar-refractivity contribution in [3.05, 3.63) is 35.9 Å². The number of benzene rings is 1. The first-order valence-corrected chi connectivity index (χ1v) is 8.45. The lowest BCUT2D eigenvalue weighted by atomic mass is 9.78. The summed E-state index contributed by atoms with van der Waals surface area (Å²) < 4.78 is 5.41. The van der Waals surface area contributed by atoms with Crippen LogP contribution in [0.2, 0.25) is 0 Å². The van der Waals surface area contributed by atoms with E-state index in [1.54, 1.807) is 6.92 Å². The summed E-state index contributed by atoms with van der Waals surface area (Å²) in [7, 11) is 3.73. The van der Waals surface area contributed by atoms with Gasteiger partial charge in [-0.3, -0.25) is 9.59 Å². The number of aryl methyl sites for hydroxylation is 1. The molecule has 0 aromatic heterocycles. The van der Waals surface area contributed by atoms with Gasteiger partial charge in [0, 0.05) is 0 Å². The maximum absolute atomic E-state index is 12.7. The predicted octanol–water partition coefficient (Wildman–Crippen LogP) is 2.98. The van der Waals surface area contributed by atoms with Crippen molar-refractivity contribution in [1.82, 2.24) is 4.90 Å². The summed E-state index contributed by atoms with van der Waals surface area (Å²) in [6, 6.07) is 9.62. The van der Waals surface area contributed by atoms with Crippen LogP contribution in [0.4, 0.5) is 0 Å². The van der Waals surface area contributed by atoms with Crippen LogP contribution in [0.15, 0.2) is 30.3 Å². The van der Waals surface area contributed by atoms with Crippen molar-refractivity contribution in [2.75, 3.05) is 20.6 Å². The van der Waals surface area contributed by atoms with Gasteiger partial charge in [0.05, 0.1) is 6.10 Å². The number of esters is 1. The zero-order valence-corrected chi connectivity index (χ0v) is 15.1. The average molecular weight is 335 g/mol. The first-order chi connectivity index (χ1) is 11.3. The van der Waals surface area contributed by atoms with Crippen LogP contribution in [-0.2, 0) is 20.7 Å². The number of carboxylic acid groups (broad SMARTS) is 1. The van der Waals surface area contributed by atoms with Gasteiger partial charge in [0.1, 0.15) is 0 Å². The Bertz CT molecular complexity index is 529. The minimum absolute atomic E-state index is 0.232. The van der Waals surface area contributed by atoms with Crippen molar-refractivity contribution >= 4 is 11.9 Å². The van der Waals surface area contributed by atoms with Crippen LogP contribution >= 0.6 is 0 Å². The lowest BCUT2D eigenvalue weighted by Crippen LogP contribution is -2.44. The summed E-state index contributed by atoms with van der Waals surface area (Å²) in [5.41, 5.74) is -0.492. The summed E-state index contributed by atoms with van der Waals surface area (Å²) in [5, 5.41) is 9.85. The molecule has 0 aliphatic rings. The molecule has 0 saturated heterocycles. The van der Waals surface area contributed by atoms with E-state index in [9.17, 15) is 14.7 Å². The number of carbonyl (C=O) groups excluding carboxylic acids is 1. The van der Waals surface area contributed by atoms with Crippen molar-refractivity contribution in [1.29, 1.82) is 0 Å². The standard InChI is InChI=1S/C19H29NO4/c1-5-15(2)24-18(23)19(17(21)22,13-14-20(3)4)12-11-16-9-7-6-8-10-16/h6-10,15H,5,11-14H2,1-4H3,(H,21,22). The molecule has 24 heavy (non-hydrogen) atoms. The van der Waals surface area contributed by atoms with E-state index in [1.807, 2.05) is 56.3 Å². The molecule has 1 aromatic rings. The molecule has 0 aliphatic carbocycles. The minimum Gasteiger partial charge on any atom is -0.480 e. The third-order valence-electron chi connectivity index (χ3n) is 4.35. The van der Waals surface area contributed by atoms with Gasteiger partial charge in [-0.15, -0.1) is 0 Å². The second-order valence-electron chi connectivity index (χ2n) is 6.55. The highest BCUT2D eigenvalue weighted by Gasteiger charge is 2.47. The van der Waals surface area contributed by atoms with Crippen LogP contribution in [0.3, 0.4) is 0 Å². The second-order valence-corrected chi connectivity index (χ2v) is 6.55. The van der Waals surface area contributed by atoms with E-state index in [1.165, 1.54) is 0 Å². The van der Waals surface area contributed by atoms with Crippen LogP contribution < -0.4 is 0 Å². The molecule has 2 unspecified atom stereocenters. The smallest absolute Gasteiger partial charge is 0.323 e. The fourth-order valence-electron chi connectivity index (χ4n) is 2.43. The molecule has 1 N–H and O–H groups in total. The molecular weight excluding hydrogens is 306 g/mol. The van der Waals surface area contributed by atoms with Crippen molar-refractivity contribution < 1.29 is 19.4 Å². The Labute approximate surface area is 144 Å². The summed E-state index contributed by atoms with van der Waals surface area (Å²) in [5.74, 6) is -1.73. The molecule has 1 rings (SSSR count). The zero-order valence-electron chi connectivity index (χ0n) is 15.1. The SMILES string of the molecule is CCC(C)OC(=O)C(CCc1ccccc1)(CCN(C)C)C(=O)O. The van der Waals surface area contributed by atoms with E-state index in [0.717, 1.165) is 5.56 Å². The van der Waals surface area contributed by atoms with Crippen LogP contribution in [0.5, 0.6) is 0 Å². The van der Waals surface area contributed by atoms with E-state index in [4.69, 9.17) is 4.74 Å². The second kappa shape index (κ2) is 9.42. The number of ether oxygens (including phenoxy) is 1. The highest BCUT2D eigenvalue weighted by Crippen LogP contribution is 2.32. The molecule has 0 radical (unpaired) electrons. The Kier molecular flexibility index (Phi) is 7.92. The summed E-state index contributed by atoms with van der Waals surface area (Å²) in [4.78, 5) is 26.6. The van der Waals surface area contributed by atoms with Crippen molar-refractivity contribution in [2.45, 2.75) is 45.6 Å². The average Bonchev–Trinajstić information content (AvgIpc) is 2.55. The zero-order chi connectivity index (χ0) is 18.2. The van der Waals surface area contributed by atoms with Gasteiger partial charge in [-0.1, -0.05) is 37.3 Å². The fourth-order valence-corrected chi connectivity index (χ4v) is 2.43. The number of hydrogen-bond acceptors (Lipinski definition) is 4. The topological polar surface area (TPSA) is 66.8 Å². The quantitative estimate of drug-likeness (QED) is 0.526. The number of nitrogens with zero attached hydrogens (tertiary/aromatic N) is 1. The Morgan fingerprint density at radius 1 is 1.21 bits per heavy atom. The van der Waals surface area contributed by atoms with Gasteiger partial charge in [-0.05, 0) is 58.8 Å². The molecule has 0 aliphatic heterocycles. The predicted molar refractivity (Wildman–Crippen MR) is 93.8 cm³/mol. The minimum atomic E-state index is -1.51. The van der Waals surface area contributed by atoms with Gasteiger partial charge in [0.15, 0.2) is 5.41 Å². The molecule has 0 bridgehead atoms. The lowest BCUT2D eigenvalue weighted by molar-refractivity contribution is -0.173. The fraction of sp³-hybridized carbons (Fsp3) is 0.579. The van der Waals surface area contributed by atoms with Gasteiger partial charge in [-0.2, -0.15) is 0 Å². The molecule has 0 amide bonds. The Hall–Kier alpha value is -1.88. The highest BCUT2D eigenvalue weighted by atomic mass is 16.5.